The van der Waals surface area contributed by atoms with Crippen molar-refractivity contribution in [1.82, 2.24) is 0 Å². The van der Waals surface area contributed by atoms with E-state index >= 15 is 0 Å². The lowest BCUT2D eigenvalue weighted by Crippen LogP contribution is -2.25. The van der Waals surface area contributed by atoms with Crippen LogP contribution in [0.1, 0.15) is 19.3 Å². The number of rotatable bonds is 6. The molecule has 2 atom stereocenters. The van der Waals surface area contributed by atoms with E-state index in [0.29, 0.717) is 18.9 Å². The molecule has 0 bridgehead atoms. The van der Waals surface area contributed by atoms with E-state index in [1.165, 1.54) is 12.8 Å². The Morgan fingerprint density at radius 3 is 2.56 bits per heavy atom. The predicted molar refractivity (Wildman–Crippen MR) is 60.9 cm³/mol. The summed E-state index contributed by atoms with van der Waals surface area (Å²) in [6, 6.07) is 0. The first-order chi connectivity index (χ1) is 7.61. The van der Waals surface area contributed by atoms with Gasteiger partial charge in [-0.15, -0.1) is 0 Å². The van der Waals surface area contributed by atoms with Gasteiger partial charge in [-0.1, -0.05) is 0 Å². The fraction of sp³-hybridized carbons (Fsp3) is 1.00. The third-order valence-corrected chi connectivity index (χ3v) is 5.34. The zero-order chi connectivity index (χ0) is 11.6. The highest BCUT2D eigenvalue weighted by atomic mass is 32.2. The van der Waals surface area contributed by atoms with Crippen LogP contribution in [-0.2, 0) is 14.6 Å². The van der Waals surface area contributed by atoms with Gasteiger partial charge in [0, 0.05) is 19.1 Å². The molecule has 1 N–H and O–H groups in total. The van der Waals surface area contributed by atoms with Gasteiger partial charge in [-0.05, 0) is 31.1 Å². The molecule has 0 aromatic heterocycles. The molecule has 1 aliphatic heterocycles. The molecule has 16 heavy (non-hydrogen) atoms. The molecule has 0 aromatic carbocycles. The van der Waals surface area contributed by atoms with Crippen LogP contribution in [-0.4, -0.2) is 44.9 Å². The Bertz CT molecular complexity index is 321. The molecule has 1 saturated heterocycles. The number of ether oxygens (including phenoxy) is 1. The van der Waals surface area contributed by atoms with Gasteiger partial charge in [-0.25, -0.2) is 8.42 Å². The first kappa shape index (κ1) is 12.3. The quantitative estimate of drug-likeness (QED) is 0.741. The van der Waals surface area contributed by atoms with Crippen molar-refractivity contribution in [2.45, 2.75) is 19.3 Å². The van der Waals surface area contributed by atoms with Gasteiger partial charge in [0.25, 0.3) is 0 Å². The maximum atomic E-state index is 11.3. The molecule has 0 radical (unpaired) electrons. The molecule has 1 aliphatic carbocycles. The van der Waals surface area contributed by atoms with E-state index in [9.17, 15) is 13.5 Å². The van der Waals surface area contributed by atoms with Crippen molar-refractivity contribution in [3.05, 3.63) is 0 Å². The van der Waals surface area contributed by atoms with Gasteiger partial charge in [0.2, 0.25) is 0 Å². The zero-order valence-electron chi connectivity index (χ0n) is 9.47. The zero-order valence-corrected chi connectivity index (χ0v) is 10.3. The summed E-state index contributed by atoms with van der Waals surface area (Å²) in [4.78, 5) is 0. The third kappa shape index (κ3) is 3.43. The maximum absolute atomic E-state index is 11.3. The second kappa shape index (κ2) is 5.02. The van der Waals surface area contributed by atoms with Crippen molar-refractivity contribution >= 4 is 9.84 Å². The largest absolute Gasteiger partial charge is 0.396 e. The van der Waals surface area contributed by atoms with E-state index in [1.54, 1.807) is 0 Å². The Balaban J connectivity index is 1.75. The number of hydrogen-bond donors (Lipinski definition) is 1. The van der Waals surface area contributed by atoms with Crippen LogP contribution < -0.4 is 0 Å². The molecule has 2 aliphatic rings. The monoisotopic (exact) mass is 248 g/mol. The summed E-state index contributed by atoms with van der Waals surface area (Å²) in [6.45, 7) is 1.31. The minimum absolute atomic E-state index is 0.00368. The summed E-state index contributed by atoms with van der Waals surface area (Å²) in [6.07, 6.45) is 3.18. The van der Waals surface area contributed by atoms with E-state index in [0.717, 1.165) is 6.61 Å². The fourth-order valence-electron chi connectivity index (χ4n) is 2.20. The molecule has 5 heteroatoms. The van der Waals surface area contributed by atoms with Crippen molar-refractivity contribution in [3.63, 3.8) is 0 Å². The smallest absolute Gasteiger partial charge is 0.150 e. The molecule has 0 amide bonds. The van der Waals surface area contributed by atoms with Gasteiger partial charge < -0.3 is 9.84 Å². The molecule has 94 valence electrons. The number of hydrogen-bond acceptors (Lipinski definition) is 4. The van der Waals surface area contributed by atoms with Crippen LogP contribution in [0.25, 0.3) is 0 Å². The fourth-order valence-corrected chi connectivity index (χ4v) is 4.12. The molecule has 4 nitrogen and oxygen atoms in total. The molecule has 0 aromatic rings. The highest BCUT2D eigenvalue weighted by Crippen LogP contribution is 2.30. The summed E-state index contributed by atoms with van der Waals surface area (Å²) in [5.41, 5.74) is 0. The SMILES string of the molecule is O=S1(=O)CCC(C(CO)COCC2CC2)C1. The van der Waals surface area contributed by atoms with Crippen LogP contribution in [0.3, 0.4) is 0 Å². The second-order valence-corrected chi connectivity index (χ2v) is 7.32. The summed E-state index contributed by atoms with van der Waals surface area (Å²) >= 11 is 0. The molecule has 2 fully saturated rings. The predicted octanol–water partition coefficient (Wildman–Crippen LogP) is 0.456. The molecule has 1 heterocycles. The van der Waals surface area contributed by atoms with Crippen molar-refractivity contribution in [2.24, 2.45) is 17.8 Å². The highest BCUT2D eigenvalue weighted by Gasteiger charge is 2.33. The van der Waals surface area contributed by atoms with Gasteiger partial charge in [-0.2, -0.15) is 0 Å². The van der Waals surface area contributed by atoms with Crippen LogP contribution in [0.4, 0.5) is 0 Å². The van der Waals surface area contributed by atoms with Crippen molar-refractivity contribution in [2.75, 3.05) is 31.3 Å². The Morgan fingerprint density at radius 1 is 1.31 bits per heavy atom. The van der Waals surface area contributed by atoms with E-state index < -0.39 is 9.84 Å². The Hall–Kier alpha value is -0.130. The van der Waals surface area contributed by atoms with Crippen molar-refractivity contribution in [1.29, 1.82) is 0 Å². The molecule has 1 saturated carbocycles. The minimum Gasteiger partial charge on any atom is -0.396 e. The minimum atomic E-state index is -2.85. The van der Waals surface area contributed by atoms with Gasteiger partial charge in [0.1, 0.15) is 0 Å². The average Bonchev–Trinajstić information content (AvgIpc) is 2.98. The normalized spacial score (nSPS) is 30.4. The lowest BCUT2D eigenvalue weighted by molar-refractivity contribution is 0.0465. The van der Waals surface area contributed by atoms with Gasteiger partial charge >= 0.3 is 0 Å². The van der Waals surface area contributed by atoms with Crippen LogP contribution in [0.5, 0.6) is 0 Å². The van der Waals surface area contributed by atoms with Gasteiger partial charge in [-0.3, -0.25) is 0 Å². The first-order valence-corrected chi connectivity index (χ1v) is 7.82. The Morgan fingerprint density at radius 2 is 2.06 bits per heavy atom. The second-order valence-electron chi connectivity index (χ2n) is 5.09. The van der Waals surface area contributed by atoms with Gasteiger partial charge in [0.05, 0.1) is 18.1 Å². The van der Waals surface area contributed by atoms with E-state index in [-0.39, 0.29) is 29.9 Å². The average molecular weight is 248 g/mol. The molecule has 2 rings (SSSR count). The Labute approximate surface area is 96.9 Å². The lowest BCUT2D eigenvalue weighted by atomic mass is 9.93. The van der Waals surface area contributed by atoms with Gasteiger partial charge in [0.15, 0.2) is 9.84 Å². The number of aliphatic hydroxyl groups is 1. The molecule has 2 unspecified atom stereocenters. The summed E-state index contributed by atoms with van der Waals surface area (Å²) in [5, 5.41) is 9.26. The third-order valence-electron chi connectivity index (χ3n) is 3.55. The van der Waals surface area contributed by atoms with Crippen molar-refractivity contribution in [3.8, 4) is 0 Å². The highest BCUT2D eigenvalue weighted by molar-refractivity contribution is 7.91. The van der Waals surface area contributed by atoms with Crippen LogP contribution in [0, 0.1) is 17.8 Å². The summed E-state index contributed by atoms with van der Waals surface area (Å²) < 4.78 is 28.2. The maximum Gasteiger partial charge on any atom is 0.150 e. The molecule has 0 spiro atoms. The lowest BCUT2D eigenvalue weighted by Gasteiger charge is -2.19. The first-order valence-electron chi connectivity index (χ1n) is 6.00. The summed E-state index contributed by atoms with van der Waals surface area (Å²) in [5.74, 6) is 1.30. The van der Waals surface area contributed by atoms with E-state index in [2.05, 4.69) is 0 Å². The van der Waals surface area contributed by atoms with Crippen molar-refractivity contribution < 1.29 is 18.3 Å². The topological polar surface area (TPSA) is 63.6 Å². The van der Waals surface area contributed by atoms with Crippen LogP contribution in [0.2, 0.25) is 0 Å². The summed E-state index contributed by atoms with van der Waals surface area (Å²) in [7, 11) is -2.85. The van der Waals surface area contributed by atoms with Crippen LogP contribution in [0.15, 0.2) is 0 Å². The standard InChI is InChI=1S/C11H20O4S/c12-5-11(7-15-6-9-1-2-9)10-3-4-16(13,14)8-10/h9-12H,1-8H2. The molecular weight excluding hydrogens is 228 g/mol. The van der Waals surface area contributed by atoms with Crippen LogP contribution >= 0.6 is 0 Å². The van der Waals surface area contributed by atoms with E-state index in [1.807, 2.05) is 0 Å². The number of aliphatic hydroxyl groups excluding tert-OH is 1. The van der Waals surface area contributed by atoms with E-state index in [4.69, 9.17) is 4.74 Å². The Kier molecular flexibility index (Phi) is 3.87. The number of sulfone groups is 1. The molecular formula is C11H20O4S.